The number of Topliss-reactive ketones (excluding diaryl/α,β-unsaturated/α-hetero) is 1. The fourth-order valence-corrected chi connectivity index (χ4v) is 1.90. The van der Waals surface area contributed by atoms with Crippen molar-refractivity contribution in [3.05, 3.63) is 34.9 Å². The van der Waals surface area contributed by atoms with Gasteiger partial charge in [-0.05, 0) is 45.4 Å². The number of rotatable bonds is 6. The highest BCUT2D eigenvalue weighted by Crippen LogP contribution is 2.11. The molecule has 94 valence electrons. The Morgan fingerprint density at radius 2 is 1.94 bits per heavy atom. The van der Waals surface area contributed by atoms with Gasteiger partial charge < -0.3 is 4.90 Å². The summed E-state index contributed by atoms with van der Waals surface area (Å²) in [5.74, 6) is 0.267. The van der Waals surface area contributed by atoms with E-state index in [0.29, 0.717) is 6.42 Å². The summed E-state index contributed by atoms with van der Waals surface area (Å²) in [6.45, 7) is 7.81. The second-order valence-electron chi connectivity index (χ2n) is 4.94. The van der Waals surface area contributed by atoms with Crippen LogP contribution < -0.4 is 0 Å². The van der Waals surface area contributed by atoms with Crippen LogP contribution in [0.25, 0.3) is 0 Å². The first-order valence-electron chi connectivity index (χ1n) is 6.23. The van der Waals surface area contributed by atoms with Crippen molar-refractivity contribution in [1.82, 2.24) is 4.90 Å². The molecule has 0 bridgehead atoms. The van der Waals surface area contributed by atoms with Gasteiger partial charge in [-0.15, -0.1) is 0 Å². The van der Waals surface area contributed by atoms with Gasteiger partial charge in [-0.1, -0.05) is 23.8 Å². The standard InChI is InChI=1S/C15H23NO/c1-12-5-6-15(13(2)11-12)8-10-16(4)9-7-14(3)17/h5-6,11H,7-10H2,1-4H3. The van der Waals surface area contributed by atoms with Crippen LogP contribution in [-0.2, 0) is 11.2 Å². The van der Waals surface area contributed by atoms with Gasteiger partial charge in [0.25, 0.3) is 0 Å². The third-order valence-corrected chi connectivity index (χ3v) is 3.11. The van der Waals surface area contributed by atoms with Gasteiger partial charge in [0.05, 0.1) is 0 Å². The predicted molar refractivity (Wildman–Crippen MR) is 72.4 cm³/mol. The monoisotopic (exact) mass is 233 g/mol. The van der Waals surface area contributed by atoms with Crippen LogP contribution >= 0.6 is 0 Å². The van der Waals surface area contributed by atoms with Crippen LogP contribution in [0.1, 0.15) is 30.0 Å². The zero-order chi connectivity index (χ0) is 12.8. The highest BCUT2D eigenvalue weighted by atomic mass is 16.1. The van der Waals surface area contributed by atoms with Crippen LogP contribution in [0.5, 0.6) is 0 Å². The molecule has 0 spiro atoms. The maximum absolute atomic E-state index is 10.9. The summed E-state index contributed by atoms with van der Waals surface area (Å²) < 4.78 is 0. The van der Waals surface area contributed by atoms with E-state index >= 15 is 0 Å². The number of hydrogen-bond donors (Lipinski definition) is 0. The minimum absolute atomic E-state index is 0.267. The minimum Gasteiger partial charge on any atom is -0.306 e. The molecule has 1 aromatic rings. The number of likely N-dealkylation sites (N-methyl/N-ethyl adjacent to an activating group) is 1. The number of nitrogens with zero attached hydrogens (tertiary/aromatic N) is 1. The lowest BCUT2D eigenvalue weighted by Crippen LogP contribution is -2.24. The zero-order valence-corrected chi connectivity index (χ0v) is 11.4. The van der Waals surface area contributed by atoms with Crippen molar-refractivity contribution in [2.24, 2.45) is 0 Å². The van der Waals surface area contributed by atoms with E-state index in [1.165, 1.54) is 16.7 Å². The van der Waals surface area contributed by atoms with Crippen molar-refractivity contribution >= 4 is 5.78 Å². The third-order valence-electron chi connectivity index (χ3n) is 3.11. The third kappa shape index (κ3) is 5.14. The van der Waals surface area contributed by atoms with E-state index in [4.69, 9.17) is 0 Å². The molecule has 0 aliphatic carbocycles. The van der Waals surface area contributed by atoms with E-state index in [1.807, 2.05) is 0 Å². The summed E-state index contributed by atoms with van der Waals surface area (Å²) >= 11 is 0. The second kappa shape index (κ2) is 6.55. The van der Waals surface area contributed by atoms with E-state index in [0.717, 1.165) is 19.5 Å². The van der Waals surface area contributed by atoms with Crippen LogP contribution in [0.2, 0.25) is 0 Å². The Bertz CT molecular complexity index is 385. The summed E-state index contributed by atoms with van der Waals surface area (Å²) in [5, 5.41) is 0. The Labute approximate surface area is 105 Å². The fraction of sp³-hybridized carbons (Fsp3) is 0.533. The highest BCUT2D eigenvalue weighted by Gasteiger charge is 2.03. The molecule has 0 unspecified atom stereocenters. The molecule has 0 fully saturated rings. The number of benzene rings is 1. The van der Waals surface area contributed by atoms with Crippen molar-refractivity contribution in [2.75, 3.05) is 20.1 Å². The molecule has 0 amide bonds. The number of carbonyl (C=O) groups is 1. The molecule has 0 radical (unpaired) electrons. The first kappa shape index (κ1) is 13.9. The van der Waals surface area contributed by atoms with Gasteiger partial charge in [0, 0.05) is 19.5 Å². The Hall–Kier alpha value is -1.15. The normalized spacial score (nSPS) is 10.9. The maximum Gasteiger partial charge on any atom is 0.131 e. The number of aryl methyl sites for hydroxylation is 2. The Morgan fingerprint density at radius 1 is 1.24 bits per heavy atom. The molecule has 1 aromatic carbocycles. The van der Waals surface area contributed by atoms with E-state index < -0.39 is 0 Å². The molecule has 0 aliphatic heterocycles. The van der Waals surface area contributed by atoms with Crippen molar-refractivity contribution < 1.29 is 4.79 Å². The molecule has 0 saturated carbocycles. The number of ketones is 1. The Morgan fingerprint density at radius 3 is 2.53 bits per heavy atom. The quantitative estimate of drug-likeness (QED) is 0.753. The average Bonchev–Trinajstić information content (AvgIpc) is 2.25. The first-order chi connectivity index (χ1) is 7.99. The zero-order valence-electron chi connectivity index (χ0n) is 11.4. The van der Waals surface area contributed by atoms with Crippen LogP contribution in [0.3, 0.4) is 0 Å². The lowest BCUT2D eigenvalue weighted by Gasteiger charge is -2.16. The van der Waals surface area contributed by atoms with Crippen molar-refractivity contribution in [1.29, 1.82) is 0 Å². The molecule has 0 aliphatic rings. The molecule has 0 heterocycles. The second-order valence-corrected chi connectivity index (χ2v) is 4.94. The maximum atomic E-state index is 10.9. The fourth-order valence-electron chi connectivity index (χ4n) is 1.90. The lowest BCUT2D eigenvalue weighted by molar-refractivity contribution is -0.117. The van der Waals surface area contributed by atoms with Gasteiger partial charge in [-0.2, -0.15) is 0 Å². The molecule has 2 heteroatoms. The molecule has 0 N–H and O–H groups in total. The van der Waals surface area contributed by atoms with Gasteiger partial charge in [-0.25, -0.2) is 0 Å². The topological polar surface area (TPSA) is 20.3 Å². The van der Waals surface area contributed by atoms with Crippen LogP contribution in [0.4, 0.5) is 0 Å². The van der Waals surface area contributed by atoms with Crippen molar-refractivity contribution in [3.63, 3.8) is 0 Å². The molecule has 2 nitrogen and oxygen atoms in total. The van der Waals surface area contributed by atoms with E-state index in [-0.39, 0.29) is 5.78 Å². The largest absolute Gasteiger partial charge is 0.306 e. The minimum atomic E-state index is 0.267. The number of carbonyl (C=O) groups excluding carboxylic acids is 1. The molecular formula is C15H23NO. The highest BCUT2D eigenvalue weighted by molar-refractivity contribution is 5.75. The Kier molecular flexibility index (Phi) is 5.36. The smallest absolute Gasteiger partial charge is 0.131 e. The van der Waals surface area contributed by atoms with Crippen LogP contribution in [0, 0.1) is 13.8 Å². The molecule has 17 heavy (non-hydrogen) atoms. The molecule has 0 saturated heterocycles. The number of hydrogen-bond acceptors (Lipinski definition) is 2. The van der Waals surface area contributed by atoms with Gasteiger partial charge in [0.15, 0.2) is 0 Å². The van der Waals surface area contributed by atoms with Gasteiger partial charge in [-0.3, -0.25) is 4.79 Å². The SMILES string of the molecule is CC(=O)CCN(C)CCc1ccc(C)cc1C. The van der Waals surface area contributed by atoms with E-state index in [1.54, 1.807) is 6.92 Å². The van der Waals surface area contributed by atoms with Crippen molar-refractivity contribution in [2.45, 2.75) is 33.6 Å². The average molecular weight is 233 g/mol. The predicted octanol–water partition coefficient (Wildman–Crippen LogP) is 2.76. The summed E-state index contributed by atoms with van der Waals surface area (Å²) in [6.07, 6.45) is 1.71. The van der Waals surface area contributed by atoms with E-state index in [2.05, 4.69) is 44.0 Å². The molecule has 0 aromatic heterocycles. The van der Waals surface area contributed by atoms with Crippen LogP contribution in [0.15, 0.2) is 18.2 Å². The molecular weight excluding hydrogens is 210 g/mol. The lowest BCUT2D eigenvalue weighted by atomic mass is 10.0. The first-order valence-corrected chi connectivity index (χ1v) is 6.23. The molecule has 1 rings (SSSR count). The van der Waals surface area contributed by atoms with Crippen molar-refractivity contribution in [3.8, 4) is 0 Å². The van der Waals surface area contributed by atoms with Crippen LogP contribution in [-0.4, -0.2) is 30.8 Å². The molecule has 0 atom stereocenters. The van der Waals surface area contributed by atoms with Gasteiger partial charge >= 0.3 is 0 Å². The summed E-state index contributed by atoms with van der Waals surface area (Å²) in [7, 11) is 2.08. The van der Waals surface area contributed by atoms with Gasteiger partial charge in [0.2, 0.25) is 0 Å². The van der Waals surface area contributed by atoms with Gasteiger partial charge in [0.1, 0.15) is 5.78 Å². The summed E-state index contributed by atoms with van der Waals surface area (Å²) in [4.78, 5) is 13.1. The summed E-state index contributed by atoms with van der Waals surface area (Å²) in [5.41, 5.74) is 4.09. The van der Waals surface area contributed by atoms with E-state index in [9.17, 15) is 4.79 Å². The summed E-state index contributed by atoms with van der Waals surface area (Å²) in [6, 6.07) is 6.60. The Balaban J connectivity index is 2.41.